The smallest absolute Gasteiger partial charge is 0.406 e. The van der Waals surface area contributed by atoms with Crippen LogP contribution in [0.1, 0.15) is 50.1 Å². The van der Waals surface area contributed by atoms with E-state index in [0.29, 0.717) is 30.5 Å². The van der Waals surface area contributed by atoms with Crippen LogP contribution in [-0.2, 0) is 6.54 Å². The van der Waals surface area contributed by atoms with Gasteiger partial charge in [0.25, 0.3) is 0 Å². The summed E-state index contributed by atoms with van der Waals surface area (Å²) in [6.07, 6.45) is 2.12. The maximum Gasteiger partial charge on any atom is 0.573 e. The van der Waals surface area contributed by atoms with Crippen molar-refractivity contribution in [2.24, 2.45) is 9.98 Å². The van der Waals surface area contributed by atoms with Crippen LogP contribution >= 0.6 is 0 Å². The van der Waals surface area contributed by atoms with E-state index in [9.17, 15) is 13.2 Å². The summed E-state index contributed by atoms with van der Waals surface area (Å²) in [7, 11) is 0. The maximum atomic E-state index is 12.4. The highest BCUT2D eigenvalue weighted by atomic mass is 19.4. The molecule has 5 rings (SSSR count). The second-order valence-electron chi connectivity index (χ2n) is 10.6. The Morgan fingerprint density at radius 3 is 2.44 bits per heavy atom. The van der Waals surface area contributed by atoms with Gasteiger partial charge in [-0.2, -0.15) is 0 Å². The van der Waals surface area contributed by atoms with E-state index in [0.717, 1.165) is 74.8 Å². The van der Waals surface area contributed by atoms with Gasteiger partial charge in [0.2, 0.25) is 0 Å². The van der Waals surface area contributed by atoms with Gasteiger partial charge in [-0.05, 0) is 63.9 Å². The standard InChI is InChI=1S/C28H36F3N7O/c1-4-22-18-37(27-20(3)35-25(15-34-27)26-32-11-12-33-26)19(2)16-38(22)23-9-13-36(14-10-23)17-21-5-7-24(8-6-21)39-28(29,30)31/h5-8,11,15,19,22-23H,4,9-10,12-14,16-18H2,1-3H3/t19-,22+/m1/s1. The van der Waals surface area contributed by atoms with Gasteiger partial charge < -0.3 is 9.64 Å². The Morgan fingerprint density at radius 2 is 1.82 bits per heavy atom. The molecule has 1 aromatic carbocycles. The summed E-state index contributed by atoms with van der Waals surface area (Å²) in [6, 6.07) is 7.47. The molecule has 11 heteroatoms. The number of hydrogen-bond acceptors (Lipinski definition) is 8. The Hall–Kier alpha value is -3.05. The number of likely N-dealkylation sites (tertiary alicyclic amines) is 1. The topological polar surface area (TPSA) is 69.5 Å². The lowest BCUT2D eigenvalue weighted by molar-refractivity contribution is -0.274. The summed E-state index contributed by atoms with van der Waals surface area (Å²) >= 11 is 0. The average molecular weight is 544 g/mol. The largest absolute Gasteiger partial charge is 0.573 e. The van der Waals surface area contributed by atoms with E-state index in [4.69, 9.17) is 9.97 Å². The Labute approximate surface area is 227 Å². The first kappa shape index (κ1) is 27.5. The molecule has 3 aliphatic rings. The van der Waals surface area contributed by atoms with Crippen LogP contribution < -0.4 is 9.64 Å². The monoisotopic (exact) mass is 543 g/mol. The first-order valence-electron chi connectivity index (χ1n) is 13.7. The Kier molecular flexibility index (Phi) is 8.18. The highest BCUT2D eigenvalue weighted by Crippen LogP contribution is 2.30. The number of benzene rings is 1. The zero-order chi connectivity index (χ0) is 27.6. The fourth-order valence-electron chi connectivity index (χ4n) is 5.94. The number of piperazine rings is 1. The highest BCUT2D eigenvalue weighted by molar-refractivity contribution is 6.04. The molecule has 2 atom stereocenters. The minimum Gasteiger partial charge on any atom is -0.406 e. The predicted molar refractivity (Wildman–Crippen MR) is 146 cm³/mol. The van der Waals surface area contributed by atoms with Crippen molar-refractivity contribution in [3.8, 4) is 5.75 Å². The molecule has 0 spiro atoms. The van der Waals surface area contributed by atoms with Gasteiger partial charge >= 0.3 is 6.36 Å². The van der Waals surface area contributed by atoms with Crippen LogP contribution in [0.4, 0.5) is 19.0 Å². The molecule has 0 N–H and O–H groups in total. The fourth-order valence-corrected chi connectivity index (χ4v) is 5.94. The van der Waals surface area contributed by atoms with Gasteiger partial charge in [0.1, 0.15) is 17.3 Å². The summed E-state index contributed by atoms with van der Waals surface area (Å²) in [5.74, 6) is 1.41. The number of piperidine rings is 1. The number of ether oxygens (including phenoxy) is 1. The molecule has 8 nitrogen and oxygen atoms in total. The number of aromatic nitrogens is 2. The third kappa shape index (κ3) is 6.58. The number of nitrogens with zero attached hydrogens (tertiary/aromatic N) is 7. The summed E-state index contributed by atoms with van der Waals surface area (Å²) in [5, 5.41) is 0. The summed E-state index contributed by atoms with van der Waals surface area (Å²) in [6.45, 7) is 11.7. The van der Waals surface area contributed by atoms with Gasteiger partial charge in [-0.15, -0.1) is 13.2 Å². The van der Waals surface area contributed by atoms with Crippen LogP contribution in [0.3, 0.4) is 0 Å². The van der Waals surface area contributed by atoms with Crippen LogP contribution in [0.5, 0.6) is 5.75 Å². The molecule has 2 fully saturated rings. The lowest BCUT2D eigenvalue weighted by atomic mass is 9.96. The molecule has 3 aliphatic heterocycles. The molecule has 2 saturated heterocycles. The van der Waals surface area contributed by atoms with Gasteiger partial charge in [0.05, 0.1) is 18.4 Å². The van der Waals surface area contributed by atoms with Gasteiger partial charge in [-0.25, -0.2) is 15.0 Å². The Morgan fingerprint density at radius 1 is 1.08 bits per heavy atom. The van der Waals surface area contributed by atoms with Gasteiger partial charge in [-0.3, -0.25) is 14.8 Å². The van der Waals surface area contributed by atoms with E-state index in [1.807, 2.05) is 6.92 Å². The predicted octanol–water partition coefficient (Wildman–Crippen LogP) is 4.47. The number of hydrogen-bond donors (Lipinski definition) is 0. The maximum absolute atomic E-state index is 12.4. The van der Waals surface area contributed by atoms with Crippen molar-refractivity contribution in [3.05, 3.63) is 47.4 Å². The van der Waals surface area contributed by atoms with Crippen LogP contribution in [0.2, 0.25) is 0 Å². The van der Waals surface area contributed by atoms with Crippen molar-refractivity contribution in [3.63, 3.8) is 0 Å². The fraction of sp³-hybridized carbons (Fsp3) is 0.571. The minimum atomic E-state index is -4.67. The van der Waals surface area contributed by atoms with E-state index in [-0.39, 0.29) is 5.75 Å². The van der Waals surface area contributed by atoms with Crippen molar-refractivity contribution >= 4 is 17.9 Å². The highest BCUT2D eigenvalue weighted by Gasteiger charge is 2.37. The van der Waals surface area contributed by atoms with Crippen LogP contribution in [0.15, 0.2) is 40.4 Å². The summed E-state index contributed by atoms with van der Waals surface area (Å²) in [5.41, 5.74) is 2.62. The van der Waals surface area contributed by atoms with Crippen LogP contribution in [0, 0.1) is 6.92 Å². The van der Waals surface area contributed by atoms with Crippen molar-refractivity contribution in [2.45, 2.75) is 71.1 Å². The molecule has 1 aromatic heterocycles. The average Bonchev–Trinajstić information content (AvgIpc) is 3.45. The minimum absolute atomic E-state index is 0.182. The Bertz CT molecular complexity index is 1190. The van der Waals surface area contributed by atoms with Gasteiger partial charge in [0.15, 0.2) is 5.84 Å². The van der Waals surface area contributed by atoms with Crippen molar-refractivity contribution < 1.29 is 17.9 Å². The lowest BCUT2D eigenvalue weighted by Gasteiger charge is -2.50. The van der Waals surface area contributed by atoms with Crippen molar-refractivity contribution in [1.29, 1.82) is 0 Å². The number of aryl methyl sites for hydroxylation is 1. The first-order valence-corrected chi connectivity index (χ1v) is 13.7. The first-order chi connectivity index (χ1) is 18.7. The van der Waals surface area contributed by atoms with E-state index in [1.54, 1.807) is 24.5 Å². The second kappa shape index (κ2) is 11.6. The van der Waals surface area contributed by atoms with Crippen LogP contribution in [0.25, 0.3) is 0 Å². The Balaban J connectivity index is 1.17. The molecule has 39 heavy (non-hydrogen) atoms. The molecule has 0 unspecified atom stereocenters. The number of alkyl halides is 3. The third-order valence-electron chi connectivity index (χ3n) is 7.90. The molecule has 0 aliphatic carbocycles. The number of aliphatic imine (C=N–C) groups is 2. The van der Waals surface area contributed by atoms with E-state index in [1.165, 1.54) is 12.1 Å². The van der Waals surface area contributed by atoms with Crippen LogP contribution in [-0.4, -0.2) is 89.0 Å². The lowest BCUT2D eigenvalue weighted by Crippen LogP contribution is -2.61. The van der Waals surface area contributed by atoms with Crippen molar-refractivity contribution in [1.82, 2.24) is 19.8 Å². The quantitative estimate of drug-likeness (QED) is 0.514. The van der Waals surface area contributed by atoms with E-state index < -0.39 is 6.36 Å². The van der Waals surface area contributed by atoms with E-state index in [2.05, 4.69) is 43.3 Å². The molecular formula is C28H36F3N7O. The molecule has 4 heterocycles. The molecule has 210 valence electrons. The van der Waals surface area contributed by atoms with Crippen molar-refractivity contribution in [2.75, 3.05) is 37.6 Å². The number of amidine groups is 1. The molecule has 2 aromatic rings. The third-order valence-corrected chi connectivity index (χ3v) is 7.90. The molecule has 0 amide bonds. The SMILES string of the molecule is CC[C@H]1CN(c2ncc(C3=NCC=N3)nc2C)[C@H](C)CN1C1CCN(Cc2ccc(OC(F)(F)F)cc2)CC1. The zero-order valence-corrected chi connectivity index (χ0v) is 22.7. The summed E-state index contributed by atoms with van der Waals surface area (Å²) < 4.78 is 41.3. The molecular weight excluding hydrogens is 507 g/mol. The normalized spacial score (nSPS) is 23.3. The van der Waals surface area contributed by atoms with Gasteiger partial charge in [0, 0.05) is 44.0 Å². The summed E-state index contributed by atoms with van der Waals surface area (Å²) in [4.78, 5) is 25.7. The van der Waals surface area contributed by atoms with E-state index >= 15 is 0 Å². The number of halogens is 3. The zero-order valence-electron chi connectivity index (χ0n) is 22.7. The number of rotatable bonds is 7. The van der Waals surface area contributed by atoms with Gasteiger partial charge in [-0.1, -0.05) is 19.1 Å². The molecule has 0 radical (unpaired) electrons. The molecule has 0 saturated carbocycles. The number of anilines is 1. The second-order valence-corrected chi connectivity index (χ2v) is 10.6. The molecule has 0 bridgehead atoms.